The minimum atomic E-state index is -0.336. The van der Waals surface area contributed by atoms with Gasteiger partial charge in [-0.15, -0.1) is 6.58 Å². The van der Waals surface area contributed by atoms with Gasteiger partial charge < -0.3 is 10.6 Å². The Balaban J connectivity index is 2.52. The van der Waals surface area contributed by atoms with Crippen LogP contribution in [-0.4, -0.2) is 18.5 Å². The summed E-state index contributed by atoms with van der Waals surface area (Å²) in [5, 5.41) is 0. The van der Waals surface area contributed by atoms with Crippen LogP contribution in [0.2, 0.25) is 0 Å². The third-order valence-corrected chi connectivity index (χ3v) is 2.53. The summed E-state index contributed by atoms with van der Waals surface area (Å²) in [7, 11) is 2.01. The van der Waals surface area contributed by atoms with E-state index in [2.05, 4.69) is 11.5 Å². The number of rotatable bonds is 6. The fraction of sp³-hybridized carbons (Fsp3) is 0.385. The van der Waals surface area contributed by atoms with Gasteiger partial charge in [-0.25, -0.2) is 4.39 Å². The van der Waals surface area contributed by atoms with Crippen LogP contribution in [-0.2, 0) is 6.54 Å². The number of hydrogen-bond acceptors (Lipinski definition) is 2. The summed E-state index contributed by atoms with van der Waals surface area (Å²) in [4.78, 5) is 2.13. The van der Waals surface area contributed by atoms with Gasteiger partial charge in [0, 0.05) is 6.54 Å². The van der Waals surface area contributed by atoms with E-state index in [-0.39, 0.29) is 11.5 Å². The van der Waals surface area contributed by atoms with Crippen LogP contribution in [0.4, 0.5) is 10.1 Å². The maximum Gasteiger partial charge on any atom is 0.146 e. The van der Waals surface area contributed by atoms with Crippen molar-refractivity contribution in [2.24, 2.45) is 0 Å². The predicted octanol–water partition coefficient (Wildman–Crippen LogP) is 2.81. The lowest BCUT2D eigenvalue weighted by Gasteiger charge is -2.17. The van der Waals surface area contributed by atoms with Gasteiger partial charge in [0.1, 0.15) is 5.82 Å². The summed E-state index contributed by atoms with van der Waals surface area (Å²) in [6, 6.07) is 4.94. The number of nitrogens with two attached hydrogens (primary N) is 1. The van der Waals surface area contributed by atoms with E-state index >= 15 is 0 Å². The first-order valence-electron chi connectivity index (χ1n) is 5.47. The van der Waals surface area contributed by atoms with Crippen molar-refractivity contribution in [2.75, 3.05) is 19.3 Å². The molecule has 1 aromatic carbocycles. The Kier molecular flexibility index (Phi) is 4.99. The second-order valence-corrected chi connectivity index (χ2v) is 3.98. The molecule has 88 valence electrons. The Hall–Kier alpha value is -1.35. The average Bonchev–Trinajstić information content (AvgIpc) is 2.25. The molecule has 0 amide bonds. The Morgan fingerprint density at radius 3 is 2.94 bits per heavy atom. The van der Waals surface area contributed by atoms with Crippen molar-refractivity contribution in [1.29, 1.82) is 0 Å². The highest BCUT2D eigenvalue weighted by Crippen LogP contribution is 2.17. The van der Waals surface area contributed by atoms with E-state index in [0.29, 0.717) is 6.54 Å². The van der Waals surface area contributed by atoms with E-state index < -0.39 is 0 Å². The molecule has 1 aromatic rings. The number of nitrogen functional groups attached to an aromatic ring is 1. The molecule has 0 spiro atoms. The number of halogens is 1. The van der Waals surface area contributed by atoms with Crippen LogP contribution < -0.4 is 5.73 Å². The molecule has 0 aromatic heterocycles. The van der Waals surface area contributed by atoms with Crippen molar-refractivity contribution in [3.63, 3.8) is 0 Å². The van der Waals surface area contributed by atoms with Crippen LogP contribution in [0.3, 0.4) is 0 Å². The molecular weight excluding hydrogens is 203 g/mol. The SMILES string of the molecule is C=CCCCN(C)Cc1cccc(F)c1N. The van der Waals surface area contributed by atoms with Crippen molar-refractivity contribution >= 4 is 5.69 Å². The van der Waals surface area contributed by atoms with Gasteiger partial charge in [0.25, 0.3) is 0 Å². The zero-order valence-electron chi connectivity index (χ0n) is 9.75. The van der Waals surface area contributed by atoms with E-state index in [1.165, 1.54) is 6.07 Å². The van der Waals surface area contributed by atoms with E-state index in [4.69, 9.17) is 5.73 Å². The number of nitrogens with zero attached hydrogens (tertiary/aromatic N) is 1. The molecule has 0 atom stereocenters. The topological polar surface area (TPSA) is 29.3 Å². The first-order chi connectivity index (χ1) is 7.65. The number of benzene rings is 1. The molecule has 0 saturated heterocycles. The monoisotopic (exact) mass is 222 g/mol. The van der Waals surface area contributed by atoms with Crippen molar-refractivity contribution in [3.8, 4) is 0 Å². The van der Waals surface area contributed by atoms with Crippen molar-refractivity contribution in [3.05, 3.63) is 42.2 Å². The summed E-state index contributed by atoms with van der Waals surface area (Å²) in [5.74, 6) is -0.336. The van der Waals surface area contributed by atoms with Crippen LogP contribution in [0.15, 0.2) is 30.9 Å². The summed E-state index contributed by atoms with van der Waals surface area (Å²) >= 11 is 0. The Labute approximate surface area is 96.6 Å². The zero-order valence-corrected chi connectivity index (χ0v) is 9.75. The van der Waals surface area contributed by atoms with Crippen LogP contribution >= 0.6 is 0 Å². The zero-order chi connectivity index (χ0) is 12.0. The normalized spacial score (nSPS) is 10.7. The number of para-hydroxylation sites is 1. The maximum absolute atomic E-state index is 13.2. The molecule has 0 bridgehead atoms. The maximum atomic E-state index is 13.2. The fourth-order valence-electron chi connectivity index (χ4n) is 1.59. The quantitative estimate of drug-likeness (QED) is 0.455. The van der Waals surface area contributed by atoms with Gasteiger partial charge in [-0.3, -0.25) is 0 Å². The molecule has 0 aliphatic carbocycles. The first-order valence-corrected chi connectivity index (χ1v) is 5.47. The van der Waals surface area contributed by atoms with Crippen molar-refractivity contribution < 1.29 is 4.39 Å². The summed E-state index contributed by atoms with van der Waals surface area (Å²) in [6.45, 7) is 5.32. The number of unbranched alkanes of at least 4 members (excludes halogenated alkanes) is 1. The van der Waals surface area contributed by atoms with Gasteiger partial charge in [-0.1, -0.05) is 18.2 Å². The summed E-state index contributed by atoms with van der Waals surface area (Å²) < 4.78 is 13.2. The smallest absolute Gasteiger partial charge is 0.146 e. The third kappa shape index (κ3) is 3.66. The van der Waals surface area contributed by atoms with Gasteiger partial charge >= 0.3 is 0 Å². The van der Waals surface area contributed by atoms with Crippen molar-refractivity contribution in [1.82, 2.24) is 4.90 Å². The van der Waals surface area contributed by atoms with Gasteiger partial charge in [0.15, 0.2) is 0 Å². The molecule has 0 aliphatic heterocycles. The van der Waals surface area contributed by atoms with Crippen molar-refractivity contribution in [2.45, 2.75) is 19.4 Å². The lowest BCUT2D eigenvalue weighted by molar-refractivity contribution is 0.323. The third-order valence-electron chi connectivity index (χ3n) is 2.53. The molecule has 0 aliphatic rings. The van der Waals surface area contributed by atoms with Crippen LogP contribution in [0.1, 0.15) is 18.4 Å². The number of anilines is 1. The average molecular weight is 222 g/mol. The second-order valence-electron chi connectivity index (χ2n) is 3.98. The second kappa shape index (κ2) is 6.28. The van der Waals surface area contributed by atoms with Gasteiger partial charge in [-0.05, 0) is 38.1 Å². The van der Waals surface area contributed by atoms with E-state index in [0.717, 1.165) is 24.9 Å². The van der Waals surface area contributed by atoms with Gasteiger partial charge in [-0.2, -0.15) is 0 Å². The fourth-order valence-corrected chi connectivity index (χ4v) is 1.59. The molecule has 0 radical (unpaired) electrons. The predicted molar refractivity (Wildman–Crippen MR) is 66.6 cm³/mol. The highest BCUT2D eigenvalue weighted by Gasteiger charge is 2.06. The lowest BCUT2D eigenvalue weighted by atomic mass is 10.1. The van der Waals surface area contributed by atoms with Gasteiger partial charge in [0.2, 0.25) is 0 Å². The standard InChI is InChI=1S/C13H19FN2/c1-3-4-5-9-16(2)10-11-7-6-8-12(14)13(11)15/h3,6-8H,1,4-5,9-10,15H2,2H3. The largest absolute Gasteiger partial charge is 0.396 e. The Morgan fingerprint density at radius 1 is 1.50 bits per heavy atom. The Morgan fingerprint density at radius 2 is 2.25 bits per heavy atom. The molecule has 2 nitrogen and oxygen atoms in total. The van der Waals surface area contributed by atoms with Crippen LogP contribution in [0, 0.1) is 5.82 Å². The molecule has 1 rings (SSSR count). The molecule has 0 unspecified atom stereocenters. The number of allylic oxidation sites excluding steroid dienone is 1. The summed E-state index contributed by atoms with van der Waals surface area (Å²) in [6.07, 6.45) is 3.97. The van der Waals surface area contributed by atoms with E-state index in [1.807, 2.05) is 19.2 Å². The molecule has 0 saturated carbocycles. The first kappa shape index (κ1) is 12.7. The number of hydrogen-bond donors (Lipinski definition) is 1. The van der Waals surface area contributed by atoms with Crippen LogP contribution in [0.5, 0.6) is 0 Å². The molecule has 2 N–H and O–H groups in total. The minimum Gasteiger partial charge on any atom is -0.396 e. The molecule has 0 fully saturated rings. The Bertz CT molecular complexity index is 350. The molecule has 16 heavy (non-hydrogen) atoms. The van der Waals surface area contributed by atoms with E-state index in [1.54, 1.807) is 6.07 Å². The highest BCUT2D eigenvalue weighted by atomic mass is 19.1. The van der Waals surface area contributed by atoms with Gasteiger partial charge in [0.05, 0.1) is 5.69 Å². The highest BCUT2D eigenvalue weighted by molar-refractivity contribution is 5.47. The molecular formula is C13H19FN2. The van der Waals surface area contributed by atoms with Crippen LogP contribution in [0.25, 0.3) is 0 Å². The summed E-state index contributed by atoms with van der Waals surface area (Å²) in [5.41, 5.74) is 6.78. The lowest BCUT2D eigenvalue weighted by Crippen LogP contribution is -2.20. The molecule has 0 heterocycles. The molecule has 3 heteroatoms. The minimum absolute atomic E-state index is 0.262. The van der Waals surface area contributed by atoms with E-state index in [9.17, 15) is 4.39 Å².